The molecule has 0 heterocycles. The molecule has 4 heteroatoms. The third kappa shape index (κ3) is 8.89. The van der Waals surface area contributed by atoms with Crippen LogP contribution in [0, 0.1) is 6.92 Å². The number of aryl methyl sites for hydroxylation is 1. The average molecular weight is 636 g/mol. The molecule has 4 nitrogen and oxygen atoms in total. The van der Waals surface area contributed by atoms with Crippen LogP contribution >= 0.6 is 0 Å². The van der Waals surface area contributed by atoms with Crippen molar-refractivity contribution < 1.29 is 14.4 Å². The highest BCUT2D eigenvalue weighted by Crippen LogP contribution is 2.54. The molecular formula is C43H57NO3. The number of amides is 1. The van der Waals surface area contributed by atoms with E-state index in [0.29, 0.717) is 17.7 Å². The smallest absolute Gasteiger partial charge is 0.292 e. The highest BCUT2D eigenvalue weighted by Gasteiger charge is 2.43. The van der Waals surface area contributed by atoms with Gasteiger partial charge in [0.2, 0.25) is 5.78 Å². The van der Waals surface area contributed by atoms with E-state index in [9.17, 15) is 14.4 Å². The van der Waals surface area contributed by atoms with Crippen LogP contribution in [0.2, 0.25) is 0 Å². The number of carbonyl (C=O) groups excluding carboxylic acids is 3. The molecule has 0 radical (unpaired) electrons. The zero-order valence-corrected chi connectivity index (χ0v) is 29.5. The number of unbranched alkanes of at least 4 members (excludes halogenated alkanes) is 11. The lowest BCUT2D eigenvalue weighted by atomic mass is 9.70. The molecule has 3 aromatic carbocycles. The van der Waals surface area contributed by atoms with Crippen LogP contribution in [0.25, 0.3) is 11.1 Å². The van der Waals surface area contributed by atoms with Crippen molar-refractivity contribution in [2.45, 2.75) is 136 Å². The quantitative estimate of drug-likeness (QED) is 0.0719. The van der Waals surface area contributed by atoms with Crippen LogP contribution in [0.4, 0.5) is 0 Å². The lowest BCUT2D eigenvalue weighted by Crippen LogP contribution is -2.32. The topological polar surface area (TPSA) is 63.2 Å². The Hall–Kier alpha value is -3.53. The average Bonchev–Trinajstić information content (AvgIpc) is 3.36. The molecule has 1 aliphatic carbocycles. The first-order valence-corrected chi connectivity index (χ1v) is 18.6. The van der Waals surface area contributed by atoms with Gasteiger partial charge < -0.3 is 5.32 Å². The summed E-state index contributed by atoms with van der Waals surface area (Å²) in [5, 5.41) is 2.89. The van der Waals surface area contributed by atoms with E-state index in [1.807, 2.05) is 55.5 Å². The maximum Gasteiger partial charge on any atom is 0.292 e. The molecule has 0 saturated heterocycles. The Morgan fingerprint density at radius 3 is 1.68 bits per heavy atom. The van der Waals surface area contributed by atoms with Gasteiger partial charge >= 0.3 is 0 Å². The molecule has 3 aromatic rings. The fourth-order valence-corrected chi connectivity index (χ4v) is 7.41. The van der Waals surface area contributed by atoms with Gasteiger partial charge in [0.05, 0.1) is 0 Å². The van der Waals surface area contributed by atoms with Gasteiger partial charge in [-0.05, 0) is 66.1 Å². The Balaban J connectivity index is 1.50. The molecular weight excluding hydrogens is 578 g/mol. The maximum atomic E-state index is 13.7. The second kappa shape index (κ2) is 18.1. The van der Waals surface area contributed by atoms with Crippen LogP contribution in [-0.4, -0.2) is 24.0 Å². The summed E-state index contributed by atoms with van der Waals surface area (Å²) >= 11 is 0. The predicted octanol–water partition coefficient (Wildman–Crippen LogP) is 11.1. The molecule has 252 valence electrons. The molecule has 1 N–H and O–H groups in total. The first-order chi connectivity index (χ1) is 22.9. The van der Waals surface area contributed by atoms with Gasteiger partial charge in [-0.15, -0.1) is 0 Å². The van der Waals surface area contributed by atoms with Crippen LogP contribution in [0.15, 0.2) is 60.7 Å². The van der Waals surface area contributed by atoms with E-state index in [1.54, 1.807) is 0 Å². The zero-order chi connectivity index (χ0) is 33.6. The molecule has 0 spiro atoms. The van der Waals surface area contributed by atoms with Gasteiger partial charge in [-0.3, -0.25) is 14.4 Å². The Labute approximate surface area is 284 Å². The van der Waals surface area contributed by atoms with E-state index in [0.717, 1.165) is 79.2 Å². The molecule has 1 amide bonds. The molecule has 0 saturated carbocycles. The van der Waals surface area contributed by atoms with Crippen molar-refractivity contribution in [1.82, 2.24) is 5.32 Å². The number of benzene rings is 3. The highest BCUT2D eigenvalue weighted by molar-refractivity contribution is 6.42. The summed E-state index contributed by atoms with van der Waals surface area (Å²) in [6, 6.07) is 19.8. The summed E-state index contributed by atoms with van der Waals surface area (Å²) < 4.78 is 0. The van der Waals surface area contributed by atoms with Crippen LogP contribution in [0.5, 0.6) is 0 Å². The molecule has 0 unspecified atom stereocenters. The number of hydrogen-bond donors (Lipinski definition) is 1. The van der Waals surface area contributed by atoms with E-state index >= 15 is 0 Å². The molecule has 4 rings (SSSR count). The van der Waals surface area contributed by atoms with Crippen molar-refractivity contribution in [2.75, 3.05) is 6.54 Å². The van der Waals surface area contributed by atoms with Crippen LogP contribution < -0.4 is 5.32 Å². The third-order valence-electron chi connectivity index (χ3n) is 10.2. The second-order valence-corrected chi connectivity index (χ2v) is 13.7. The minimum atomic E-state index is -0.518. The second-order valence-electron chi connectivity index (χ2n) is 13.7. The van der Waals surface area contributed by atoms with Gasteiger partial charge in [-0.2, -0.15) is 0 Å². The number of hydrogen-bond acceptors (Lipinski definition) is 3. The first-order valence-electron chi connectivity index (χ1n) is 18.6. The number of fused-ring (bicyclic) bond motifs is 3. The summed E-state index contributed by atoms with van der Waals surface area (Å²) in [5.41, 5.74) is 7.11. The van der Waals surface area contributed by atoms with Crippen molar-refractivity contribution in [3.63, 3.8) is 0 Å². The number of nitrogens with one attached hydrogen (secondary N) is 1. The van der Waals surface area contributed by atoms with Crippen LogP contribution in [0.3, 0.4) is 0 Å². The summed E-state index contributed by atoms with van der Waals surface area (Å²) in [4.78, 5) is 40.2. The third-order valence-corrected chi connectivity index (χ3v) is 10.2. The molecule has 0 aliphatic heterocycles. The molecule has 47 heavy (non-hydrogen) atoms. The van der Waals surface area contributed by atoms with Gasteiger partial charge in [0, 0.05) is 28.7 Å². The number of rotatable bonds is 21. The van der Waals surface area contributed by atoms with E-state index in [2.05, 4.69) is 38.2 Å². The summed E-state index contributed by atoms with van der Waals surface area (Å²) in [6.07, 6.45) is 18.4. The predicted molar refractivity (Wildman–Crippen MR) is 196 cm³/mol. The van der Waals surface area contributed by atoms with Crippen molar-refractivity contribution in [1.29, 1.82) is 0 Å². The van der Waals surface area contributed by atoms with Crippen molar-refractivity contribution in [3.05, 3.63) is 94.0 Å². The number of ketones is 2. The van der Waals surface area contributed by atoms with Crippen LogP contribution in [-0.2, 0) is 10.2 Å². The minimum absolute atomic E-state index is 0.0386. The standard InChI is InChI=1S/C43H57NO3/c1-5-8-11-12-13-14-15-16-17-20-29-44-42(47)41(46)34-24-26-37-36-25-23-33(40(45)35-22-19-18-21-32(35)4)30-38(36)43(27-9-6-2,28-10-7-3)39(37)31-34/h18-19,21-26,30-31H,5-17,20,27-29H2,1-4H3,(H,44,47). The fraction of sp³-hybridized carbons (Fsp3) is 0.512. The monoisotopic (exact) mass is 635 g/mol. The van der Waals surface area contributed by atoms with Crippen molar-refractivity contribution in [2.24, 2.45) is 0 Å². The van der Waals surface area contributed by atoms with E-state index in [4.69, 9.17) is 0 Å². The molecule has 0 bridgehead atoms. The van der Waals surface area contributed by atoms with Gasteiger partial charge in [0.25, 0.3) is 5.91 Å². The molecule has 0 aromatic heterocycles. The van der Waals surface area contributed by atoms with Crippen molar-refractivity contribution >= 4 is 17.5 Å². The van der Waals surface area contributed by atoms with Crippen LogP contribution in [0.1, 0.15) is 166 Å². The van der Waals surface area contributed by atoms with E-state index in [-0.39, 0.29) is 11.2 Å². The SMILES string of the molecule is CCCCCCCCCCCCNC(=O)C(=O)c1ccc2c(c1)C(CCCC)(CCCC)c1cc(C(=O)c3ccccc3C)ccc1-2. The Kier molecular flexibility index (Phi) is 14.0. The van der Waals surface area contributed by atoms with Gasteiger partial charge in [-0.1, -0.05) is 153 Å². The summed E-state index contributed by atoms with van der Waals surface area (Å²) in [5.74, 6) is -0.946. The normalized spacial score (nSPS) is 12.9. The molecule has 0 atom stereocenters. The van der Waals surface area contributed by atoms with E-state index in [1.165, 1.54) is 56.9 Å². The molecule has 0 fully saturated rings. The number of carbonyl (C=O) groups is 3. The summed E-state index contributed by atoms with van der Waals surface area (Å²) in [7, 11) is 0. The Morgan fingerprint density at radius 1 is 0.596 bits per heavy atom. The van der Waals surface area contributed by atoms with Gasteiger partial charge in [0.1, 0.15) is 0 Å². The highest BCUT2D eigenvalue weighted by atomic mass is 16.2. The lowest BCUT2D eigenvalue weighted by molar-refractivity contribution is -0.117. The molecule has 1 aliphatic rings. The largest absolute Gasteiger partial charge is 0.349 e. The van der Waals surface area contributed by atoms with Crippen molar-refractivity contribution in [3.8, 4) is 11.1 Å². The Bertz CT molecular complexity index is 1490. The van der Waals surface area contributed by atoms with Gasteiger partial charge in [0.15, 0.2) is 5.78 Å². The van der Waals surface area contributed by atoms with Gasteiger partial charge in [-0.25, -0.2) is 0 Å². The lowest BCUT2D eigenvalue weighted by Gasteiger charge is -2.33. The minimum Gasteiger partial charge on any atom is -0.349 e. The summed E-state index contributed by atoms with van der Waals surface area (Å²) in [6.45, 7) is 9.18. The maximum absolute atomic E-state index is 13.7. The van der Waals surface area contributed by atoms with E-state index < -0.39 is 11.7 Å². The number of Topliss-reactive ketones (excluding diaryl/α,β-unsaturated/α-hetero) is 1. The fourth-order valence-electron chi connectivity index (χ4n) is 7.41. The Morgan fingerprint density at radius 2 is 1.11 bits per heavy atom. The first kappa shape index (κ1) is 36.3. The zero-order valence-electron chi connectivity index (χ0n) is 29.5.